The van der Waals surface area contributed by atoms with Crippen molar-refractivity contribution in [1.29, 1.82) is 0 Å². The highest BCUT2D eigenvalue weighted by atomic mass is 14.6. The van der Waals surface area contributed by atoms with Crippen LogP contribution in [0.4, 0.5) is 0 Å². The van der Waals surface area contributed by atoms with E-state index in [0.717, 1.165) is 17.8 Å². The monoisotopic (exact) mass is 282 g/mol. The topological polar surface area (TPSA) is 0 Å². The summed E-state index contributed by atoms with van der Waals surface area (Å²) in [6, 6.07) is 0. The van der Waals surface area contributed by atoms with E-state index in [-0.39, 0.29) is 0 Å². The van der Waals surface area contributed by atoms with Gasteiger partial charge < -0.3 is 0 Å². The van der Waals surface area contributed by atoms with Crippen LogP contribution in [0, 0.1) is 23.2 Å². The molecule has 0 aromatic rings. The van der Waals surface area contributed by atoms with Crippen LogP contribution in [-0.4, -0.2) is 0 Å². The molecule has 1 saturated carbocycles. The summed E-state index contributed by atoms with van der Waals surface area (Å²) in [7, 11) is 0. The molecule has 0 bridgehead atoms. The predicted octanol–water partition coefficient (Wildman–Crippen LogP) is 6.23. The number of hydrogen-bond donors (Lipinski definition) is 0. The molecule has 0 saturated heterocycles. The lowest BCUT2D eigenvalue weighted by Gasteiger charge is -2.21. The van der Waals surface area contributed by atoms with E-state index < -0.39 is 0 Å². The summed E-state index contributed by atoms with van der Waals surface area (Å²) in [5, 5.41) is 0. The van der Waals surface area contributed by atoms with Crippen LogP contribution in [0.2, 0.25) is 0 Å². The number of fused-ring (bicyclic) bond motifs is 1. The highest BCUT2D eigenvalue weighted by Crippen LogP contribution is 2.61. The number of rotatable bonds is 2. The Balaban J connectivity index is 1.59. The van der Waals surface area contributed by atoms with Crippen molar-refractivity contribution in [3.63, 3.8) is 0 Å². The molecule has 4 atom stereocenters. The third kappa shape index (κ3) is 3.42. The molecule has 0 nitrogen and oxygen atoms in total. The van der Waals surface area contributed by atoms with Crippen molar-refractivity contribution >= 4 is 0 Å². The molecule has 0 heterocycles. The quantitative estimate of drug-likeness (QED) is 0.527. The van der Waals surface area contributed by atoms with Gasteiger partial charge in [-0.3, -0.25) is 0 Å². The zero-order valence-electron chi connectivity index (χ0n) is 13.8. The lowest BCUT2D eigenvalue weighted by Crippen LogP contribution is -2.10. The lowest BCUT2D eigenvalue weighted by molar-refractivity contribution is 0.312. The van der Waals surface area contributed by atoms with Crippen molar-refractivity contribution in [3.05, 3.63) is 48.1 Å². The molecule has 0 aliphatic heterocycles. The van der Waals surface area contributed by atoms with Gasteiger partial charge in [0, 0.05) is 0 Å². The van der Waals surface area contributed by atoms with E-state index in [9.17, 15) is 0 Å². The van der Waals surface area contributed by atoms with Gasteiger partial charge in [0.1, 0.15) is 0 Å². The summed E-state index contributed by atoms with van der Waals surface area (Å²) in [6.07, 6.45) is 20.9. The minimum Gasteiger partial charge on any atom is -0.0990 e. The summed E-state index contributed by atoms with van der Waals surface area (Å²) >= 11 is 0. The van der Waals surface area contributed by atoms with E-state index in [0.29, 0.717) is 5.41 Å². The Morgan fingerprint density at radius 2 is 2.00 bits per heavy atom. The summed E-state index contributed by atoms with van der Waals surface area (Å²) in [4.78, 5) is 0. The number of hydrogen-bond acceptors (Lipinski definition) is 0. The van der Waals surface area contributed by atoms with Crippen LogP contribution in [0.3, 0.4) is 0 Å². The highest BCUT2D eigenvalue weighted by molar-refractivity contribution is 5.34. The molecule has 0 aromatic heterocycles. The van der Waals surface area contributed by atoms with Gasteiger partial charge in [-0.2, -0.15) is 0 Å². The molecule has 3 aliphatic carbocycles. The van der Waals surface area contributed by atoms with Crippen molar-refractivity contribution in [3.8, 4) is 0 Å². The van der Waals surface area contributed by atoms with Gasteiger partial charge in [0.25, 0.3) is 0 Å². The first-order valence-electron chi connectivity index (χ1n) is 8.83. The van der Waals surface area contributed by atoms with E-state index in [1.165, 1.54) is 50.5 Å². The second-order valence-electron chi connectivity index (χ2n) is 7.66. The number of allylic oxidation sites excluding steroid dienone is 7. The van der Waals surface area contributed by atoms with Crippen molar-refractivity contribution in [2.24, 2.45) is 23.2 Å². The predicted molar refractivity (Wildman–Crippen MR) is 92.1 cm³/mol. The normalized spacial score (nSPS) is 39.6. The van der Waals surface area contributed by atoms with Crippen LogP contribution in [0.25, 0.3) is 0 Å². The molecule has 0 heteroatoms. The largest absolute Gasteiger partial charge is 0.0990 e. The summed E-state index contributed by atoms with van der Waals surface area (Å²) < 4.78 is 0. The van der Waals surface area contributed by atoms with Gasteiger partial charge in [0.2, 0.25) is 0 Å². The fourth-order valence-electron chi connectivity index (χ4n) is 4.15. The Labute approximate surface area is 130 Å². The first kappa shape index (κ1) is 14.9. The summed E-state index contributed by atoms with van der Waals surface area (Å²) in [5.41, 5.74) is 3.63. The Morgan fingerprint density at radius 1 is 1.24 bits per heavy atom. The molecule has 0 N–H and O–H groups in total. The van der Waals surface area contributed by atoms with Crippen molar-refractivity contribution < 1.29 is 0 Å². The first-order chi connectivity index (χ1) is 10.1. The molecule has 3 aliphatic rings. The average molecular weight is 282 g/mol. The van der Waals surface area contributed by atoms with E-state index in [1.807, 2.05) is 0 Å². The fourth-order valence-corrected chi connectivity index (χ4v) is 4.15. The van der Waals surface area contributed by atoms with E-state index in [4.69, 9.17) is 0 Å². The van der Waals surface area contributed by atoms with Crippen molar-refractivity contribution in [2.45, 2.75) is 58.8 Å². The van der Waals surface area contributed by atoms with Gasteiger partial charge in [0.05, 0.1) is 0 Å². The van der Waals surface area contributed by atoms with Crippen LogP contribution in [0.15, 0.2) is 48.1 Å². The minimum absolute atomic E-state index is 0.452. The Hall–Kier alpha value is -1.04. The third-order valence-electron chi connectivity index (χ3n) is 6.18. The Bertz CT molecular complexity index is 490. The van der Waals surface area contributed by atoms with Crippen LogP contribution in [-0.2, 0) is 0 Å². The molecule has 0 amide bonds. The van der Waals surface area contributed by atoms with E-state index >= 15 is 0 Å². The Morgan fingerprint density at radius 3 is 2.76 bits per heavy atom. The molecular weight excluding hydrogens is 252 g/mol. The standard InChI is InChI=1S/C21H30/c1-16-17(2)21(16,3)15-18-11-9-7-5-4-6-8-10-12-19-14-20(19)13-18/h4,6,8,10,14,17-18,20H,1,5,7,9,11-13,15H2,2-3H3. The minimum atomic E-state index is 0.452. The SMILES string of the molecule is C=C1C(C)C1(C)CC1CCCCC=CC=CCC2=CC2C1. The first-order valence-corrected chi connectivity index (χ1v) is 8.83. The maximum atomic E-state index is 4.28. The van der Waals surface area contributed by atoms with Gasteiger partial charge >= 0.3 is 0 Å². The fraction of sp³-hybridized carbons (Fsp3) is 0.619. The zero-order valence-corrected chi connectivity index (χ0v) is 13.8. The molecule has 3 rings (SSSR count). The highest BCUT2D eigenvalue weighted by Gasteiger charge is 2.52. The molecule has 0 aromatic carbocycles. The molecule has 4 unspecified atom stereocenters. The van der Waals surface area contributed by atoms with Gasteiger partial charge in [-0.25, -0.2) is 0 Å². The van der Waals surface area contributed by atoms with E-state index in [2.05, 4.69) is 50.8 Å². The molecule has 114 valence electrons. The zero-order chi connectivity index (χ0) is 14.9. The van der Waals surface area contributed by atoms with Crippen LogP contribution >= 0.6 is 0 Å². The second kappa shape index (κ2) is 5.99. The smallest absolute Gasteiger partial charge is 0.00143 e. The van der Waals surface area contributed by atoms with Gasteiger partial charge in [0.15, 0.2) is 0 Å². The van der Waals surface area contributed by atoms with Crippen LogP contribution in [0.1, 0.15) is 58.8 Å². The third-order valence-corrected chi connectivity index (χ3v) is 6.18. The Kier molecular flexibility index (Phi) is 4.24. The molecular formula is C21H30. The molecule has 1 fully saturated rings. The summed E-state index contributed by atoms with van der Waals surface area (Å²) in [6.45, 7) is 9.08. The molecule has 21 heavy (non-hydrogen) atoms. The molecule has 0 spiro atoms. The van der Waals surface area contributed by atoms with Gasteiger partial charge in [-0.15, -0.1) is 0 Å². The second-order valence-corrected chi connectivity index (χ2v) is 7.66. The van der Waals surface area contributed by atoms with Crippen LogP contribution < -0.4 is 0 Å². The molecule has 0 radical (unpaired) electrons. The van der Waals surface area contributed by atoms with Gasteiger partial charge in [-0.05, 0) is 55.3 Å². The van der Waals surface area contributed by atoms with Crippen molar-refractivity contribution in [2.75, 3.05) is 0 Å². The maximum absolute atomic E-state index is 4.28. The van der Waals surface area contributed by atoms with Crippen LogP contribution in [0.5, 0.6) is 0 Å². The van der Waals surface area contributed by atoms with Gasteiger partial charge in [-0.1, -0.05) is 74.8 Å². The maximum Gasteiger partial charge on any atom is -0.00143 e. The average Bonchev–Trinajstić information content (AvgIpc) is 3.30. The lowest BCUT2D eigenvalue weighted by atomic mass is 9.83. The van der Waals surface area contributed by atoms with Crippen molar-refractivity contribution in [1.82, 2.24) is 0 Å². The van der Waals surface area contributed by atoms with E-state index in [1.54, 1.807) is 5.57 Å². The summed E-state index contributed by atoms with van der Waals surface area (Å²) in [5.74, 6) is 2.46.